The van der Waals surface area contributed by atoms with Crippen molar-refractivity contribution in [3.05, 3.63) is 11.6 Å². The highest BCUT2D eigenvalue weighted by molar-refractivity contribution is 14.0. The highest BCUT2D eigenvalue weighted by Crippen LogP contribution is 2.19. The second-order valence-corrected chi connectivity index (χ2v) is 7.60. The molecule has 1 saturated heterocycles. The number of methoxy groups -OCH3 is 1. The Morgan fingerprint density at radius 2 is 2.07 bits per heavy atom. The van der Waals surface area contributed by atoms with Gasteiger partial charge in [-0.15, -0.1) is 24.0 Å². The van der Waals surface area contributed by atoms with Crippen LogP contribution in [0.2, 0.25) is 0 Å². The Hall–Kier alpha value is -0.940. The Morgan fingerprint density at radius 3 is 2.75 bits per heavy atom. The zero-order valence-electron chi connectivity index (χ0n) is 17.5. The van der Waals surface area contributed by atoms with Crippen LogP contribution in [0.5, 0.6) is 0 Å². The molecule has 3 heterocycles. The molecular formula is C19H36IN7O. The Balaban J connectivity index is 0.00000280. The van der Waals surface area contributed by atoms with E-state index < -0.39 is 0 Å². The molecule has 2 aliphatic heterocycles. The van der Waals surface area contributed by atoms with Gasteiger partial charge < -0.3 is 20.3 Å². The van der Waals surface area contributed by atoms with Gasteiger partial charge in [-0.3, -0.25) is 4.99 Å². The molecule has 8 nitrogen and oxygen atoms in total. The molecular weight excluding hydrogens is 469 g/mol. The Kier molecular flexibility index (Phi) is 9.93. The van der Waals surface area contributed by atoms with Crippen molar-refractivity contribution in [2.75, 3.05) is 40.3 Å². The van der Waals surface area contributed by atoms with E-state index in [-0.39, 0.29) is 24.0 Å². The lowest BCUT2D eigenvalue weighted by atomic mass is 9.93. The standard InChI is InChI=1S/C19H35N7O.HI/c1-4-25-11-8-15(9-12-25)7-10-21-19(20-2)22-16-5-6-18-23-17(14-27-3)24-26(18)13-16;/h15-16H,4-14H2,1-3H3,(H2,20,21,22);1H. The minimum Gasteiger partial charge on any atom is -0.377 e. The van der Waals surface area contributed by atoms with Crippen molar-refractivity contribution in [3.8, 4) is 0 Å². The molecule has 0 aliphatic carbocycles. The fourth-order valence-electron chi connectivity index (χ4n) is 4.04. The fraction of sp³-hybridized carbons (Fsp3) is 0.842. The van der Waals surface area contributed by atoms with Gasteiger partial charge in [0.05, 0.1) is 6.54 Å². The topological polar surface area (TPSA) is 79.6 Å². The lowest BCUT2D eigenvalue weighted by Crippen LogP contribution is -2.47. The number of aliphatic imine (C=N–C) groups is 1. The molecule has 1 fully saturated rings. The van der Waals surface area contributed by atoms with E-state index in [2.05, 4.69) is 37.5 Å². The van der Waals surface area contributed by atoms with Crippen LogP contribution in [-0.4, -0.2) is 72.0 Å². The summed E-state index contributed by atoms with van der Waals surface area (Å²) in [5.41, 5.74) is 0. The molecule has 3 rings (SSSR count). The lowest BCUT2D eigenvalue weighted by molar-refractivity contribution is 0.177. The fourth-order valence-corrected chi connectivity index (χ4v) is 4.04. The number of piperidine rings is 1. The number of rotatable bonds is 7. The van der Waals surface area contributed by atoms with Crippen LogP contribution in [0.25, 0.3) is 0 Å². The van der Waals surface area contributed by atoms with Gasteiger partial charge in [-0.25, -0.2) is 9.67 Å². The van der Waals surface area contributed by atoms with Crippen LogP contribution < -0.4 is 10.6 Å². The second kappa shape index (κ2) is 11.9. The minimum absolute atomic E-state index is 0. The number of hydrogen-bond acceptors (Lipinski definition) is 5. The highest BCUT2D eigenvalue weighted by atomic mass is 127. The number of nitrogens with zero attached hydrogens (tertiary/aromatic N) is 5. The van der Waals surface area contributed by atoms with Gasteiger partial charge in [-0.2, -0.15) is 5.10 Å². The summed E-state index contributed by atoms with van der Waals surface area (Å²) in [5.74, 6) is 3.56. The Bertz CT molecular complexity index is 613. The van der Waals surface area contributed by atoms with Gasteiger partial charge in [-0.05, 0) is 51.2 Å². The number of hydrogen-bond donors (Lipinski definition) is 2. The van der Waals surface area contributed by atoms with E-state index in [4.69, 9.17) is 4.74 Å². The van der Waals surface area contributed by atoms with Gasteiger partial charge in [0.1, 0.15) is 12.4 Å². The number of fused-ring (bicyclic) bond motifs is 1. The number of ether oxygens (including phenoxy) is 1. The molecule has 28 heavy (non-hydrogen) atoms. The second-order valence-electron chi connectivity index (χ2n) is 7.60. The molecule has 0 radical (unpaired) electrons. The first-order valence-electron chi connectivity index (χ1n) is 10.3. The minimum atomic E-state index is 0. The maximum absolute atomic E-state index is 5.14. The van der Waals surface area contributed by atoms with Gasteiger partial charge >= 0.3 is 0 Å². The summed E-state index contributed by atoms with van der Waals surface area (Å²) < 4.78 is 7.14. The molecule has 1 aromatic heterocycles. The van der Waals surface area contributed by atoms with Crippen LogP contribution in [0, 0.1) is 5.92 Å². The zero-order chi connectivity index (χ0) is 19.1. The molecule has 1 atom stereocenters. The van der Waals surface area contributed by atoms with E-state index in [1.807, 2.05) is 11.7 Å². The Morgan fingerprint density at radius 1 is 1.29 bits per heavy atom. The average Bonchev–Trinajstić information content (AvgIpc) is 3.09. The maximum atomic E-state index is 5.14. The van der Waals surface area contributed by atoms with E-state index >= 15 is 0 Å². The molecule has 0 saturated carbocycles. The van der Waals surface area contributed by atoms with E-state index in [0.29, 0.717) is 12.6 Å². The van der Waals surface area contributed by atoms with Crippen LogP contribution in [-0.2, 0) is 24.3 Å². The zero-order valence-corrected chi connectivity index (χ0v) is 19.8. The monoisotopic (exact) mass is 505 g/mol. The summed E-state index contributed by atoms with van der Waals surface area (Å²) in [5, 5.41) is 11.6. The molecule has 2 aliphatic rings. The van der Waals surface area contributed by atoms with Gasteiger partial charge in [0.15, 0.2) is 11.8 Å². The van der Waals surface area contributed by atoms with Crippen LogP contribution in [0.15, 0.2) is 4.99 Å². The number of likely N-dealkylation sites (tertiary alicyclic amines) is 1. The van der Waals surface area contributed by atoms with E-state index in [1.165, 1.54) is 38.9 Å². The van der Waals surface area contributed by atoms with E-state index in [1.54, 1.807) is 7.11 Å². The predicted octanol–water partition coefficient (Wildman–Crippen LogP) is 1.64. The number of halogens is 1. The number of aryl methyl sites for hydroxylation is 1. The number of guanidine groups is 1. The van der Waals surface area contributed by atoms with Crippen molar-refractivity contribution in [1.29, 1.82) is 0 Å². The number of aromatic nitrogens is 3. The van der Waals surface area contributed by atoms with Crippen LogP contribution in [0.4, 0.5) is 0 Å². The summed E-state index contributed by atoms with van der Waals surface area (Å²) in [6, 6.07) is 0.327. The SMILES string of the molecule is CCN1CCC(CCNC(=NC)NC2CCc3nc(COC)nn3C2)CC1.I. The first-order valence-corrected chi connectivity index (χ1v) is 10.3. The third-order valence-corrected chi connectivity index (χ3v) is 5.74. The smallest absolute Gasteiger partial charge is 0.191 e. The van der Waals surface area contributed by atoms with Crippen molar-refractivity contribution in [1.82, 2.24) is 30.3 Å². The molecule has 0 amide bonds. The molecule has 1 aromatic rings. The van der Waals surface area contributed by atoms with Gasteiger partial charge in [0.2, 0.25) is 0 Å². The lowest BCUT2D eigenvalue weighted by Gasteiger charge is -2.31. The average molecular weight is 505 g/mol. The summed E-state index contributed by atoms with van der Waals surface area (Å²) >= 11 is 0. The van der Waals surface area contributed by atoms with Gasteiger partial charge in [-0.1, -0.05) is 6.92 Å². The van der Waals surface area contributed by atoms with Crippen LogP contribution >= 0.6 is 24.0 Å². The molecule has 9 heteroatoms. The summed E-state index contributed by atoms with van der Waals surface area (Å²) in [6.07, 6.45) is 5.84. The van der Waals surface area contributed by atoms with Crippen LogP contribution in [0.1, 0.15) is 44.3 Å². The van der Waals surface area contributed by atoms with Gasteiger partial charge in [0.25, 0.3) is 0 Å². The van der Waals surface area contributed by atoms with E-state index in [9.17, 15) is 0 Å². The third-order valence-electron chi connectivity index (χ3n) is 5.74. The van der Waals surface area contributed by atoms with Crippen molar-refractivity contribution in [2.24, 2.45) is 10.9 Å². The Labute approximate surface area is 185 Å². The van der Waals surface area contributed by atoms with Gasteiger partial charge in [0, 0.05) is 33.2 Å². The maximum Gasteiger partial charge on any atom is 0.191 e. The van der Waals surface area contributed by atoms with Crippen LogP contribution in [0.3, 0.4) is 0 Å². The molecule has 0 aromatic carbocycles. The quantitative estimate of drug-likeness (QED) is 0.334. The molecule has 0 spiro atoms. The van der Waals surface area contributed by atoms with E-state index in [0.717, 1.165) is 49.5 Å². The molecule has 160 valence electrons. The van der Waals surface area contributed by atoms with Crippen molar-refractivity contribution in [3.63, 3.8) is 0 Å². The first-order chi connectivity index (χ1) is 13.2. The molecule has 2 N–H and O–H groups in total. The summed E-state index contributed by atoms with van der Waals surface area (Å²) in [6.45, 7) is 8.21. The highest BCUT2D eigenvalue weighted by Gasteiger charge is 2.22. The summed E-state index contributed by atoms with van der Waals surface area (Å²) in [7, 11) is 3.52. The largest absolute Gasteiger partial charge is 0.377 e. The predicted molar refractivity (Wildman–Crippen MR) is 122 cm³/mol. The molecule has 1 unspecified atom stereocenters. The van der Waals surface area contributed by atoms with Crippen molar-refractivity contribution >= 4 is 29.9 Å². The van der Waals surface area contributed by atoms with Crippen molar-refractivity contribution < 1.29 is 4.74 Å². The normalized spacial score (nSPS) is 21.1. The first kappa shape index (κ1) is 23.3. The third kappa shape index (κ3) is 6.55. The van der Waals surface area contributed by atoms with Crippen molar-refractivity contribution in [2.45, 2.75) is 58.2 Å². The summed E-state index contributed by atoms with van der Waals surface area (Å²) in [4.78, 5) is 11.5. The number of nitrogens with one attached hydrogen (secondary N) is 2. The molecule has 0 bridgehead atoms.